The highest BCUT2D eigenvalue weighted by Gasteiger charge is 2.58. The van der Waals surface area contributed by atoms with Crippen molar-refractivity contribution in [2.24, 2.45) is 11.8 Å². The molecule has 0 amide bonds. The van der Waals surface area contributed by atoms with Gasteiger partial charge >= 0.3 is 0 Å². The Labute approximate surface area is 119 Å². The maximum Gasteiger partial charge on any atom is 0.0746 e. The standard InChI is InChI=1S/C13H22O2.2C2H6/c1-12(2)10-4-3-9-5-6-11(14)8-13(9,7-10)15-12;2*1-2/h9-11,14H,3-8H2,1-2H3;2*1-2H3. The lowest BCUT2D eigenvalue weighted by molar-refractivity contribution is -0.149. The van der Waals surface area contributed by atoms with Crippen LogP contribution in [0, 0.1) is 11.8 Å². The zero-order valence-electron chi connectivity index (χ0n) is 13.8. The minimum absolute atomic E-state index is 0.0457. The van der Waals surface area contributed by atoms with E-state index in [1.165, 1.54) is 25.7 Å². The van der Waals surface area contributed by atoms with E-state index in [4.69, 9.17) is 4.74 Å². The van der Waals surface area contributed by atoms with Crippen molar-refractivity contribution in [2.45, 2.75) is 97.4 Å². The van der Waals surface area contributed by atoms with Crippen LogP contribution in [0.15, 0.2) is 0 Å². The molecule has 2 saturated carbocycles. The first-order valence-corrected chi connectivity index (χ1v) is 8.40. The molecule has 4 atom stereocenters. The van der Waals surface area contributed by atoms with Gasteiger partial charge in [0.15, 0.2) is 0 Å². The predicted octanol–water partition coefficient (Wildman–Crippen LogP) is 4.55. The van der Waals surface area contributed by atoms with Crippen molar-refractivity contribution in [2.75, 3.05) is 0 Å². The Morgan fingerprint density at radius 2 is 1.37 bits per heavy atom. The third-order valence-electron chi connectivity index (χ3n) is 5.08. The Bertz CT molecular complexity index is 274. The van der Waals surface area contributed by atoms with Crippen LogP contribution >= 0.6 is 0 Å². The summed E-state index contributed by atoms with van der Waals surface area (Å²) in [7, 11) is 0. The topological polar surface area (TPSA) is 29.5 Å². The molecule has 3 aliphatic rings. The van der Waals surface area contributed by atoms with Gasteiger partial charge in [0.2, 0.25) is 0 Å². The smallest absolute Gasteiger partial charge is 0.0746 e. The molecule has 1 saturated heterocycles. The highest BCUT2D eigenvalue weighted by Crippen LogP contribution is 2.58. The molecule has 3 rings (SSSR count). The van der Waals surface area contributed by atoms with Crippen molar-refractivity contribution < 1.29 is 9.84 Å². The van der Waals surface area contributed by atoms with E-state index >= 15 is 0 Å². The maximum atomic E-state index is 9.85. The number of hydrogen-bond acceptors (Lipinski definition) is 2. The van der Waals surface area contributed by atoms with Crippen molar-refractivity contribution in [3.63, 3.8) is 0 Å². The van der Waals surface area contributed by atoms with Crippen LogP contribution in [0.25, 0.3) is 0 Å². The fourth-order valence-electron chi connectivity index (χ4n) is 4.27. The van der Waals surface area contributed by atoms with E-state index in [0.717, 1.165) is 24.7 Å². The first-order chi connectivity index (χ1) is 9.02. The zero-order valence-corrected chi connectivity index (χ0v) is 13.8. The van der Waals surface area contributed by atoms with Crippen LogP contribution in [-0.2, 0) is 4.74 Å². The summed E-state index contributed by atoms with van der Waals surface area (Å²) in [5, 5.41) is 9.85. The Kier molecular flexibility index (Phi) is 5.88. The third-order valence-corrected chi connectivity index (χ3v) is 5.08. The van der Waals surface area contributed by atoms with Crippen molar-refractivity contribution in [3.05, 3.63) is 0 Å². The fraction of sp³-hybridized carbons (Fsp3) is 1.00. The zero-order chi connectivity index (χ0) is 14.7. The van der Waals surface area contributed by atoms with Gasteiger partial charge in [-0.2, -0.15) is 0 Å². The first-order valence-electron chi connectivity index (χ1n) is 8.40. The van der Waals surface area contributed by atoms with Crippen LogP contribution in [0.4, 0.5) is 0 Å². The number of fused-ring (bicyclic) bond motifs is 1. The van der Waals surface area contributed by atoms with Gasteiger partial charge in [0.1, 0.15) is 0 Å². The predicted molar refractivity (Wildman–Crippen MR) is 81.3 cm³/mol. The molecule has 3 fully saturated rings. The molecule has 0 radical (unpaired) electrons. The highest BCUT2D eigenvalue weighted by atomic mass is 16.5. The normalized spacial score (nSPS) is 42.2. The molecule has 2 heteroatoms. The van der Waals surface area contributed by atoms with Crippen LogP contribution < -0.4 is 0 Å². The van der Waals surface area contributed by atoms with E-state index in [0.29, 0.717) is 0 Å². The van der Waals surface area contributed by atoms with Crippen molar-refractivity contribution in [1.29, 1.82) is 0 Å². The van der Waals surface area contributed by atoms with Gasteiger partial charge in [-0.25, -0.2) is 0 Å². The second-order valence-electron chi connectivity index (χ2n) is 6.38. The van der Waals surface area contributed by atoms with E-state index in [2.05, 4.69) is 13.8 Å². The largest absolute Gasteiger partial charge is 0.393 e. The molecule has 2 bridgehead atoms. The number of ether oxygens (including phenoxy) is 1. The molecule has 1 spiro atoms. The molecule has 4 unspecified atom stereocenters. The summed E-state index contributed by atoms with van der Waals surface area (Å²) in [6.45, 7) is 12.5. The number of aliphatic hydroxyl groups excluding tert-OH is 1. The van der Waals surface area contributed by atoms with Gasteiger partial charge in [-0.15, -0.1) is 0 Å². The summed E-state index contributed by atoms with van der Waals surface area (Å²) < 4.78 is 6.37. The average Bonchev–Trinajstić information content (AvgIpc) is 2.59. The Morgan fingerprint density at radius 1 is 0.842 bits per heavy atom. The lowest BCUT2D eigenvalue weighted by Gasteiger charge is -2.45. The van der Waals surface area contributed by atoms with Gasteiger partial charge in [0, 0.05) is 6.42 Å². The van der Waals surface area contributed by atoms with Gasteiger partial charge < -0.3 is 9.84 Å². The minimum atomic E-state index is -0.117. The average molecular weight is 270 g/mol. The molecular formula is C17H34O2. The number of rotatable bonds is 0. The third kappa shape index (κ3) is 3.16. The van der Waals surface area contributed by atoms with Crippen LogP contribution in [0.2, 0.25) is 0 Å². The van der Waals surface area contributed by atoms with E-state index in [9.17, 15) is 5.11 Å². The SMILES string of the molecule is CC.CC.CC1(C)OC23CC(O)CCC2CCC1C3. The van der Waals surface area contributed by atoms with E-state index < -0.39 is 0 Å². The molecule has 19 heavy (non-hydrogen) atoms. The van der Waals surface area contributed by atoms with Gasteiger partial charge in [0.25, 0.3) is 0 Å². The molecule has 1 aliphatic heterocycles. The lowest BCUT2D eigenvalue weighted by atomic mass is 9.64. The minimum Gasteiger partial charge on any atom is -0.393 e. The van der Waals surface area contributed by atoms with Gasteiger partial charge in [0.05, 0.1) is 17.3 Å². The highest BCUT2D eigenvalue weighted by molar-refractivity contribution is 5.08. The first kappa shape index (κ1) is 17.0. The van der Waals surface area contributed by atoms with Crippen molar-refractivity contribution in [3.8, 4) is 0 Å². The monoisotopic (exact) mass is 270 g/mol. The second-order valence-corrected chi connectivity index (χ2v) is 6.38. The lowest BCUT2D eigenvalue weighted by Crippen LogP contribution is -2.46. The molecule has 0 aromatic heterocycles. The summed E-state index contributed by atoms with van der Waals surface area (Å²) in [4.78, 5) is 0. The van der Waals surface area contributed by atoms with Gasteiger partial charge in [-0.05, 0) is 57.8 Å². The van der Waals surface area contributed by atoms with Crippen LogP contribution in [0.3, 0.4) is 0 Å². The van der Waals surface area contributed by atoms with Crippen LogP contribution in [0.5, 0.6) is 0 Å². The molecular weight excluding hydrogens is 236 g/mol. The Morgan fingerprint density at radius 3 is 2.00 bits per heavy atom. The second kappa shape index (κ2) is 6.58. The molecule has 114 valence electrons. The molecule has 0 aromatic rings. The maximum absolute atomic E-state index is 9.85. The summed E-state index contributed by atoms with van der Waals surface area (Å²) in [6.07, 6.45) is 6.77. The molecule has 2 aliphatic carbocycles. The molecule has 0 aromatic carbocycles. The van der Waals surface area contributed by atoms with E-state index in [-0.39, 0.29) is 17.3 Å². The number of hydrogen-bond donors (Lipinski definition) is 1. The molecule has 1 N–H and O–H groups in total. The molecule has 1 heterocycles. The van der Waals surface area contributed by atoms with Crippen molar-refractivity contribution >= 4 is 0 Å². The Hall–Kier alpha value is -0.0800. The summed E-state index contributed by atoms with van der Waals surface area (Å²) in [5.41, 5.74) is 0.0931. The van der Waals surface area contributed by atoms with Gasteiger partial charge in [-0.3, -0.25) is 0 Å². The van der Waals surface area contributed by atoms with Crippen LogP contribution in [-0.4, -0.2) is 22.4 Å². The summed E-state index contributed by atoms with van der Waals surface area (Å²) in [6, 6.07) is 0. The fourth-order valence-corrected chi connectivity index (χ4v) is 4.27. The van der Waals surface area contributed by atoms with Crippen LogP contribution in [0.1, 0.15) is 80.1 Å². The van der Waals surface area contributed by atoms with E-state index in [1.807, 2.05) is 27.7 Å². The van der Waals surface area contributed by atoms with E-state index in [1.54, 1.807) is 0 Å². The summed E-state index contributed by atoms with van der Waals surface area (Å²) >= 11 is 0. The Balaban J connectivity index is 0.000000415. The quantitative estimate of drug-likeness (QED) is 0.700. The van der Waals surface area contributed by atoms with Crippen molar-refractivity contribution in [1.82, 2.24) is 0 Å². The molecule has 2 nitrogen and oxygen atoms in total. The summed E-state index contributed by atoms with van der Waals surface area (Å²) in [5.74, 6) is 1.44. The van der Waals surface area contributed by atoms with Gasteiger partial charge in [-0.1, -0.05) is 27.7 Å². The number of aliphatic hydroxyl groups is 1.